The van der Waals surface area contributed by atoms with Crippen LogP contribution in [0.1, 0.15) is 6.92 Å². The SMILES string of the molecule is CC1(COc2ccc(F)cc2[N+](=O)[O-])CO1. The zero-order valence-electron chi connectivity index (χ0n) is 8.60. The molecule has 5 nitrogen and oxygen atoms in total. The van der Waals surface area contributed by atoms with E-state index in [4.69, 9.17) is 9.47 Å². The Bertz CT molecular complexity index is 431. The molecule has 1 aromatic carbocycles. The minimum Gasteiger partial charge on any atom is -0.484 e. The molecule has 0 saturated carbocycles. The van der Waals surface area contributed by atoms with Gasteiger partial charge in [-0.05, 0) is 19.1 Å². The standard InChI is InChI=1S/C10H10FNO4/c1-10(6-16-10)5-15-9-3-2-7(11)4-8(9)12(13)14/h2-4H,5-6H2,1H3. The van der Waals surface area contributed by atoms with Gasteiger partial charge in [0.1, 0.15) is 18.0 Å². The number of ether oxygens (including phenoxy) is 2. The lowest BCUT2D eigenvalue weighted by molar-refractivity contribution is -0.386. The van der Waals surface area contributed by atoms with Gasteiger partial charge in [0, 0.05) is 0 Å². The van der Waals surface area contributed by atoms with Crippen LogP contribution in [-0.4, -0.2) is 23.7 Å². The fourth-order valence-corrected chi connectivity index (χ4v) is 1.19. The van der Waals surface area contributed by atoms with Crippen molar-refractivity contribution in [1.29, 1.82) is 0 Å². The summed E-state index contributed by atoms with van der Waals surface area (Å²) in [5.41, 5.74) is -0.730. The second kappa shape index (κ2) is 3.71. The van der Waals surface area contributed by atoms with Crippen LogP contribution in [-0.2, 0) is 4.74 Å². The minimum absolute atomic E-state index is 0.0584. The summed E-state index contributed by atoms with van der Waals surface area (Å²) >= 11 is 0. The molecule has 0 N–H and O–H groups in total. The van der Waals surface area contributed by atoms with Crippen LogP contribution >= 0.6 is 0 Å². The first-order chi connectivity index (χ1) is 7.50. The third kappa shape index (κ3) is 2.27. The van der Waals surface area contributed by atoms with Crippen molar-refractivity contribution in [2.75, 3.05) is 13.2 Å². The molecule has 1 aliphatic rings. The van der Waals surface area contributed by atoms with Crippen LogP contribution in [0.2, 0.25) is 0 Å². The second-order valence-electron chi connectivity index (χ2n) is 3.90. The van der Waals surface area contributed by atoms with Crippen molar-refractivity contribution in [2.24, 2.45) is 0 Å². The molecule has 2 rings (SSSR count). The molecule has 0 bridgehead atoms. The maximum atomic E-state index is 12.8. The summed E-state index contributed by atoms with van der Waals surface area (Å²) in [5.74, 6) is -0.601. The summed E-state index contributed by atoms with van der Waals surface area (Å²) in [7, 11) is 0. The molecule has 1 saturated heterocycles. The summed E-state index contributed by atoms with van der Waals surface area (Å²) in [6.07, 6.45) is 0. The molecular weight excluding hydrogens is 217 g/mol. The van der Waals surface area contributed by atoms with Crippen molar-refractivity contribution in [3.8, 4) is 5.75 Å². The van der Waals surface area contributed by atoms with Crippen molar-refractivity contribution in [3.05, 3.63) is 34.1 Å². The van der Waals surface area contributed by atoms with E-state index in [-0.39, 0.29) is 23.6 Å². The lowest BCUT2D eigenvalue weighted by atomic mass is 10.2. The predicted octanol–water partition coefficient (Wildman–Crippen LogP) is 1.90. The molecule has 86 valence electrons. The quantitative estimate of drug-likeness (QED) is 0.447. The lowest BCUT2D eigenvalue weighted by Gasteiger charge is -2.08. The molecular formula is C10H10FNO4. The van der Waals surface area contributed by atoms with Gasteiger partial charge in [-0.3, -0.25) is 10.1 Å². The van der Waals surface area contributed by atoms with Crippen molar-refractivity contribution in [1.82, 2.24) is 0 Å². The van der Waals surface area contributed by atoms with E-state index in [1.807, 2.05) is 6.92 Å². The zero-order chi connectivity index (χ0) is 11.8. The van der Waals surface area contributed by atoms with Gasteiger partial charge >= 0.3 is 5.69 Å². The summed E-state index contributed by atoms with van der Waals surface area (Å²) in [6.45, 7) is 2.63. The first-order valence-corrected chi connectivity index (χ1v) is 4.71. The molecule has 16 heavy (non-hydrogen) atoms. The fourth-order valence-electron chi connectivity index (χ4n) is 1.19. The topological polar surface area (TPSA) is 64.9 Å². The normalized spacial score (nSPS) is 22.9. The van der Waals surface area contributed by atoms with Crippen LogP contribution in [0.3, 0.4) is 0 Å². The first-order valence-electron chi connectivity index (χ1n) is 4.71. The molecule has 0 amide bonds. The van der Waals surface area contributed by atoms with Gasteiger partial charge in [-0.15, -0.1) is 0 Å². The monoisotopic (exact) mass is 227 g/mol. The molecule has 1 atom stereocenters. The summed E-state index contributed by atoms with van der Waals surface area (Å²) in [5, 5.41) is 10.6. The highest BCUT2D eigenvalue weighted by Crippen LogP contribution is 2.31. The molecule has 0 aliphatic carbocycles. The number of nitro groups is 1. The average molecular weight is 227 g/mol. The van der Waals surface area contributed by atoms with E-state index in [1.165, 1.54) is 6.07 Å². The Morgan fingerprint density at radius 3 is 2.94 bits per heavy atom. The third-order valence-corrected chi connectivity index (χ3v) is 2.29. The number of nitro benzene ring substituents is 1. The second-order valence-corrected chi connectivity index (χ2v) is 3.90. The number of hydrogen-bond donors (Lipinski definition) is 0. The van der Waals surface area contributed by atoms with Crippen molar-refractivity contribution < 1.29 is 18.8 Å². The smallest absolute Gasteiger partial charge is 0.313 e. The van der Waals surface area contributed by atoms with E-state index < -0.39 is 10.7 Å². The minimum atomic E-state index is -0.672. The van der Waals surface area contributed by atoms with Gasteiger partial charge in [0.05, 0.1) is 17.6 Å². The molecule has 6 heteroatoms. The Morgan fingerprint density at radius 2 is 2.38 bits per heavy atom. The molecule has 1 aliphatic heterocycles. The van der Waals surface area contributed by atoms with Crippen LogP contribution in [0.15, 0.2) is 18.2 Å². The Morgan fingerprint density at radius 1 is 1.69 bits per heavy atom. The van der Waals surface area contributed by atoms with E-state index in [9.17, 15) is 14.5 Å². The number of nitrogens with zero attached hydrogens (tertiary/aromatic N) is 1. The van der Waals surface area contributed by atoms with Crippen LogP contribution in [0.25, 0.3) is 0 Å². The van der Waals surface area contributed by atoms with Gasteiger partial charge < -0.3 is 9.47 Å². The Hall–Kier alpha value is -1.69. The summed E-state index contributed by atoms with van der Waals surface area (Å²) < 4.78 is 23.1. The molecule has 0 spiro atoms. The number of halogens is 1. The first kappa shape index (κ1) is 10.8. The fraction of sp³-hybridized carbons (Fsp3) is 0.400. The number of epoxide rings is 1. The van der Waals surface area contributed by atoms with Gasteiger partial charge in [-0.2, -0.15) is 0 Å². The van der Waals surface area contributed by atoms with Crippen LogP contribution < -0.4 is 4.74 Å². The zero-order valence-corrected chi connectivity index (χ0v) is 8.60. The number of rotatable bonds is 4. The van der Waals surface area contributed by atoms with E-state index in [0.717, 1.165) is 12.1 Å². The Kier molecular flexibility index (Phi) is 2.51. The van der Waals surface area contributed by atoms with Gasteiger partial charge in [0.25, 0.3) is 0 Å². The van der Waals surface area contributed by atoms with E-state index in [1.54, 1.807) is 0 Å². The molecule has 1 heterocycles. The highest BCUT2D eigenvalue weighted by atomic mass is 19.1. The number of benzene rings is 1. The number of hydrogen-bond acceptors (Lipinski definition) is 4. The Labute approximate surface area is 90.9 Å². The van der Waals surface area contributed by atoms with Crippen molar-refractivity contribution in [3.63, 3.8) is 0 Å². The summed E-state index contributed by atoms with van der Waals surface area (Å²) in [4.78, 5) is 9.97. The molecule has 1 fully saturated rings. The average Bonchev–Trinajstić information content (AvgIpc) is 2.95. The highest BCUT2D eigenvalue weighted by molar-refractivity contribution is 5.46. The van der Waals surface area contributed by atoms with Gasteiger partial charge in [0.2, 0.25) is 0 Å². The maximum absolute atomic E-state index is 12.8. The molecule has 1 unspecified atom stereocenters. The van der Waals surface area contributed by atoms with Crippen LogP contribution in [0.4, 0.5) is 10.1 Å². The van der Waals surface area contributed by atoms with Gasteiger partial charge in [0.15, 0.2) is 5.75 Å². The van der Waals surface area contributed by atoms with Crippen LogP contribution in [0, 0.1) is 15.9 Å². The Balaban J connectivity index is 2.15. The molecule has 1 aromatic rings. The molecule has 0 aromatic heterocycles. The van der Waals surface area contributed by atoms with Gasteiger partial charge in [-0.1, -0.05) is 0 Å². The predicted molar refractivity (Wildman–Crippen MR) is 52.9 cm³/mol. The lowest BCUT2D eigenvalue weighted by Crippen LogP contribution is -2.17. The maximum Gasteiger partial charge on any atom is 0.313 e. The van der Waals surface area contributed by atoms with Crippen LogP contribution in [0.5, 0.6) is 5.75 Å². The van der Waals surface area contributed by atoms with E-state index in [2.05, 4.69) is 0 Å². The highest BCUT2D eigenvalue weighted by Gasteiger charge is 2.40. The van der Waals surface area contributed by atoms with E-state index >= 15 is 0 Å². The summed E-state index contributed by atoms with van der Waals surface area (Å²) in [6, 6.07) is 3.21. The third-order valence-electron chi connectivity index (χ3n) is 2.29. The van der Waals surface area contributed by atoms with Crippen molar-refractivity contribution in [2.45, 2.75) is 12.5 Å². The van der Waals surface area contributed by atoms with Gasteiger partial charge in [-0.25, -0.2) is 4.39 Å². The van der Waals surface area contributed by atoms with E-state index in [0.29, 0.717) is 6.61 Å². The molecule has 0 radical (unpaired) electrons. The largest absolute Gasteiger partial charge is 0.484 e. The van der Waals surface area contributed by atoms with Crippen molar-refractivity contribution >= 4 is 5.69 Å².